The Balaban J connectivity index is 1.79. The quantitative estimate of drug-likeness (QED) is 0.272. The van der Waals surface area contributed by atoms with Crippen LogP contribution in [0.4, 0.5) is 13.2 Å². The molecular formula is C17H13Cl2F3N6O. The lowest BCUT2D eigenvalue weighted by molar-refractivity contribution is -0.159. The molecule has 1 heterocycles. The topological polar surface area (TPSA) is 107 Å². The summed E-state index contributed by atoms with van der Waals surface area (Å²) in [6, 6.07) is 11.2. The molecule has 1 aromatic heterocycles. The van der Waals surface area contributed by atoms with Crippen molar-refractivity contribution in [3.63, 3.8) is 0 Å². The molecule has 0 aliphatic heterocycles. The van der Waals surface area contributed by atoms with Gasteiger partial charge < -0.3 is 10.4 Å². The summed E-state index contributed by atoms with van der Waals surface area (Å²) >= 11 is 12.1. The Kier molecular flexibility index (Phi) is 5.96. The maximum absolute atomic E-state index is 12.6. The molecule has 0 bridgehead atoms. The average Bonchev–Trinajstić information content (AvgIpc) is 3.16. The first-order chi connectivity index (χ1) is 13.7. The van der Waals surface area contributed by atoms with Gasteiger partial charge in [-0.25, -0.2) is 5.84 Å². The summed E-state index contributed by atoms with van der Waals surface area (Å²) in [5.41, 5.74) is 1.47. The van der Waals surface area contributed by atoms with Gasteiger partial charge in [-0.1, -0.05) is 40.5 Å². The Hall–Kier alpha value is -2.82. The number of nitrogens with zero attached hydrogens (tertiary/aromatic N) is 4. The highest BCUT2D eigenvalue weighted by atomic mass is 35.5. The molecular weight excluding hydrogens is 432 g/mol. The molecule has 0 saturated carbocycles. The van der Waals surface area contributed by atoms with Crippen LogP contribution in [0, 0.1) is 0 Å². The number of benzene rings is 2. The Bertz CT molecular complexity index is 1040. The molecule has 0 spiro atoms. The van der Waals surface area contributed by atoms with Gasteiger partial charge in [-0.15, -0.1) is 0 Å². The second kappa shape index (κ2) is 8.27. The van der Waals surface area contributed by atoms with Crippen LogP contribution in [-0.4, -0.2) is 21.0 Å². The number of nitrogens with two attached hydrogens (primary N) is 2. The summed E-state index contributed by atoms with van der Waals surface area (Å²) in [6.07, 6.45) is -4.73. The molecule has 0 unspecified atom stereocenters. The number of hydrogen-bond donors (Lipinski definition) is 2. The van der Waals surface area contributed by atoms with Crippen molar-refractivity contribution in [2.24, 2.45) is 16.8 Å². The Morgan fingerprint density at radius 3 is 2.38 bits per heavy atom. The van der Waals surface area contributed by atoms with Crippen molar-refractivity contribution in [1.29, 1.82) is 0 Å². The van der Waals surface area contributed by atoms with E-state index in [1.165, 1.54) is 17.1 Å². The number of halogens is 5. The summed E-state index contributed by atoms with van der Waals surface area (Å²) in [4.78, 5) is 3.33. The minimum Gasteiger partial charge on any atom is -0.329 e. The normalized spacial score (nSPS) is 12.3. The molecule has 3 aromatic rings. The Morgan fingerprint density at radius 1 is 1.14 bits per heavy atom. The van der Waals surface area contributed by atoms with E-state index in [9.17, 15) is 13.2 Å². The fourth-order valence-corrected chi connectivity index (χ4v) is 2.81. The zero-order valence-corrected chi connectivity index (χ0v) is 16.0. The van der Waals surface area contributed by atoms with Gasteiger partial charge in [0.2, 0.25) is 5.82 Å². The van der Waals surface area contributed by atoms with Crippen molar-refractivity contribution >= 4 is 29.0 Å². The number of hydrazine groups is 1. The Morgan fingerprint density at radius 2 is 1.83 bits per heavy atom. The van der Waals surface area contributed by atoms with E-state index >= 15 is 0 Å². The van der Waals surface area contributed by atoms with Crippen LogP contribution in [0.1, 0.15) is 17.0 Å². The van der Waals surface area contributed by atoms with Crippen molar-refractivity contribution in [2.75, 3.05) is 0 Å². The highest BCUT2D eigenvalue weighted by Gasteiger charge is 2.38. The highest BCUT2D eigenvalue weighted by Crippen LogP contribution is 2.30. The van der Waals surface area contributed by atoms with Gasteiger partial charge in [-0.3, -0.25) is 5.01 Å². The minimum absolute atomic E-state index is 0.123. The fraction of sp³-hybridized carbons (Fsp3) is 0.118. The van der Waals surface area contributed by atoms with Crippen LogP contribution in [0.25, 0.3) is 11.4 Å². The molecule has 2 aromatic carbocycles. The molecule has 0 fully saturated rings. The predicted molar refractivity (Wildman–Crippen MR) is 102 cm³/mol. The lowest BCUT2D eigenvalue weighted by Crippen LogP contribution is -2.38. The van der Waals surface area contributed by atoms with E-state index in [1.54, 1.807) is 30.3 Å². The molecule has 0 aliphatic carbocycles. The third-order valence-electron chi connectivity index (χ3n) is 3.82. The summed E-state index contributed by atoms with van der Waals surface area (Å²) in [6.45, 7) is 0.123. The molecule has 0 saturated heterocycles. The molecule has 7 nitrogen and oxygen atoms in total. The Labute approximate surface area is 172 Å². The maximum atomic E-state index is 12.6. The molecule has 0 atom stereocenters. The first-order valence-electron chi connectivity index (χ1n) is 7.95. The third kappa shape index (κ3) is 4.78. The molecule has 4 N–H and O–H groups in total. The van der Waals surface area contributed by atoms with Crippen molar-refractivity contribution in [3.05, 3.63) is 69.5 Å². The zero-order valence-electron chi connectivity index (χ0n) is 14.5. The van der Waals surface area contributed by atoms with E-state index in [1.807, 2.05) is 0 Å². The SMILES string of the molecule is N/N=C(/c1ccc(Cl)cc1)N(N)Cc1ccc(-c2noc(C(F)(F)F)n2)cc1Cl. The van der Waals surface area contributed by atoms with E-state index in [0.717, 1.165) is 0 Å². The van der Waals surface area contributed by atoms with E-state index in [-0.39, 0.29) is 28.8 Å². The second-order valence-corrected chi connectivity index (χ2v) is 6.66. The fourth-order valence-electron chi connectivity index (χ4n) is 2.44. The van der Waals surface area contributed by atoms with Crippen LogP contribution < -0.4 is 11.7 Å². The van der Waals surface area contributed by atoms with Crippen molar-refractivity contribution in [1.82, 2.24) is 15.1 Å². The molecule has 0 radical (unpaired) electrons. The van der Waals surface area contributed by atoms with Gasteiger partial charge in [0.25, 0.3) is 0 Å². The van der Waals surface area contributed by atoms with Crippen LogP contribution in [0.5, 0.6) is 0 Å². The van der Waals surface area contributed by atoms with Crippen molar-refractivity contribution < 1.29 is 17.7 Å². The number of hydrogen-bond acceptors (Lipinski definition) is 6. The molecule has 0 amide bonds. The lowest BCUT2D eigenvalue weighted by atomic mass is 10.1. The summed E-state index contributed by atoms with van der Waals surface area (Å²) in [7, 11) is 0. The molecule has 152 valence electrons. The van der Waals surface area contributed by atoms with Gasteiger partial charge in [0.05, 0.1) is 6.54 Å². The first kappa shape index (κ1) is 20.9. The zero-order chi connectivity index (χ0) is 21.2. The monoisotopic (exact) mass is 444 g/mol. The van der Waals surface area contributed by atoms with Crippen molar-refractivity contribution in [3.8, 4) is 11.4 Å². The van der Waals surface area contributed by atoms with Gasteiger partial charge in [0.15, 0.2) is 5.84 Å². The van der Waals surface area contributed by atoms with E-state index < -0.39 is 12.1 Å². The van der Waals surface area contributed by atoms with Crippen LogP contribution >= 0.6 is 23.2 Å². The number of alkyl halides is 3. The molecule has 29 heavy (non-hydrogen) atoms. The lowest BCUT2D eigenvalue weighted by Gasteiger charge is -2.21. The number of hydrazone groups is 1. The van der Waals surface area contributed by atoms with E-state index in [2.05, 4.69) is 19.8 Å². The third-order valence-corrected chi connectivity index (χ3v) is 4.42. The molecule has 12 heteroatoms. The largest absolute Gasteiger partial charge is 0.471 e. The molecule has 3 rings (SSSR count). The van der Waals surface area contributed by atoms with Crippen LogP contribution in [0.3, 0.4) is 0 Å². The van der Waals surface area contributed by atoms with Gasteiger partial charge in [-0.2, -0.15) is 23.3 Å². The summed E-state index contributed by atoms with van der Waals surface area (Å²) in [5, 5.41) is 9.09. The van der Waals surface area contributed by atoms with Crippen LogP contribution in [-0.2, 0) is 12.7 Å². The predicted octanol–water partition coefficient (Wildman–Crippen LogP) is 4.06. The van der Waals surface area contributed by atoms with E-state index in [0.29, 0.717) is 16.1 Å². The van der Waals surface area contributed by atoms with E-state index in [4.69, 9.17) is 34.9 Å². The van der Waals surface area contributed by atoms with Gasteiger partial charge in [-0.05, 0) is 35.9 Å². The number of amidine groups is 1. The minimum atomic E-state index is -4.73. The van der Waals surface area contributed by atoms with Gasteiger partial charge in [0, 0.05) is 21.2 Å². The summed E-state index contributed by atoms with van der Waals surface area (Å²) in [5.74, 6) is 10.1. The maximum Gasteiger partial charge on any atom is 0.471 e. The van der Waals surface area contributed by atoms with Crippen molar-refractivity contribution in [2.45, 2.75) is 12.7 Å². The highest BCUT2D eigenvalue weighted by molar-refractivity contribution is 6.31. The smallest absolute Gasteiger partial charge is 0.329 e. The number of rotatable bonds is 4. The van der Waals surface area contributed by atoms with Gasteiger partial charge in [0.1, 0.15) is 0 Å². The summed E-state index contributed by atoms with van der Waals surface area (Å²) < 4.78 is 42.0. The van der Waals surface area contributed by atoms with Gasteiger partial charge >= 0.3 is 12.1 Å². The first-order valence-corrected chi connectivity index (χ1v) is 8.70. The molecule has 0 aliphatic rings. The second-order valence-electron chi connectivity index (χ2n) is 5.81. The van der Waals surface area contributed by atoms with Crippen LogP contribution in [0.2, 0.25) is 10.0 Å². The number of aromatic nitrogens is 2. The average molecular weight is 445 g/mol. The standard InChI is InChI=1S/C17H13Cl2F3N6O/c18-12-5-3-9(4-6-12)15(26-23)28(24)8-11-2-1-10(7-13(11)19)14-25-16(29-27-14)17(20,21)22/h1-7H,8,23-24H2/b26-15-. The van der Waals surface area contributed by atoms with Crippen LogP contribution in [0.15, 0.2) is 52.1 Å².